The Morgan fingerprint density at radius 3 is 2.88 bits per heavy atom. The van der Waals surface area contributed by atoms with Crippen LogP contribution >= 0.6 is 12.2 Å². The lowest BCUT2D eigenvalue weighted by Crippen LogP contribution is -2.18. The van der Waals surface area contributed by atoms with Crippen molar-refractivity contribution in [1.82, 2.24) is 14.5 Å². The van der Waals surface area contributed by atoms with E-state index in [0.29, 0.717) is 4.77 Å². The van der Waals surface area contributed by atoms with Gasteiger partial charge in [-0.15, -0.1) is 0 Å². The maximum atomic E-state index is 13.2. The number of benzene rings is 1. The van der Waals surface area contributed by atoms with Gasteiger partial charge in [-0.25, -0.2) is 4.39 Å². The van der Waals surface area contributed by atoms with E-state index in [0.717, 1.165) is 24.1 Å². The van der Waals surface area contributed by atoms with Gasteiger partial charge in [-0.3, -0.25) is 0 Å². The fraction of sp³-hybridized carbons (Fsp3) is 0.364. The van der Waals surface area contributed by atoms with Crippen LogP contribution in [0.2, 0.25) is 0 Å². The first-order valence-corrected chi connectivity index (χ1v) is 5.51. The number of hydrogen-bond acceptors (Lipinski definition) is 2. The van der Waals surface area contributed by atoms with E-state index in [2.05, 4.69) is 9.88 Å². The monoisotopic (exact) mass is 239 g/mol. The highest BCUT2D eigenvalue weighted by Gasteiger charge is 2.05. The Bertz CT molecular complexity index is 556. The van der Waals surface area contributed by atoms with Gasteiger partial charge in [-0.1, -0.05) is 0 Å². The van der Waals surface area contributed by atoms with Crippen LogP contribution in [0.15, 0.2) is 18.2 Å². The molecule has 2 aromatic rings. The Hall–Kier alpha value is -1.20. The molecule has 0 spiro atoms. The number of aromatic nitrogens is 2. The van der Waals surface area contributed by atoms with Crippen LogP contribution in [0.25, 0.3) is 11.0 Å². The SMILES string of the molecule is CN(C)CCn1c(=S)[nH]c2ccc(F)cc21. The summed E-state index contributed by atoms with van der Waals surface area (Å²) in [5.74, 6) is -0.236. The third-order valence-corrected chi connectivity index (χ3v) is 2.83. The summed E-state index contributed by atoms with van der Waals surface area (Å²) in [6, 6.07) is 4.66. The van der Waals surface area contributed by atoms with E-state index in [1.165, 1.54) is 12.1 Å². The fourth-order valence-electron chi connectivity index (χ4n) is 1.65. The normalized spacial score (nSPS) is 11.5. The van der Waals surface area contributed by atoms with E-state index in [1.54, 1.807) is 6.07 Å². The molecular formula is C11H14FN3S. The van der Waals surface area contributed by atoms with Gasteiger partial charge in [-0.2, -0.15) is 0 Å². The number of imidazole rings is 1. The van der Waals surface area contributed by atoms with E-state index in [-0.39, 0.29) is 5.82 Å². The molecule has 0 radical (unpaired) electrons. The smallest absolute Gasteiger partial charge is 0.178 e. The quantitative estimate of drug-likeness (QED) is 0.832. The summed E-state index contributed by atoms with van der Waals surface area (Å²) in [7, 11) is 4.00. The van der Waals surface area contributed by atoms with E-state index in [1.807, 2.05) is 18.7 Å². The predicted molar refractivity (Wildman–Crippen MR) is 65.6 cm³/mol. The lowest BCUT2D eigenvalue weighted by atomic mass is 10.3. The van der Waals surface area contributed by atoms with Crippen molar-refractivity contribution in [3.05, 3.63) is 28.8 Å². The zero-order valence-electron chi connectivity index (χ0n) is 9.33. The molecule has 0 saturated carbocycles. The number of fused-ring (bicyclic) bond motifs is 1. The number of likely N-dealkylation sites (N-methyl/N-ethyl adjacent to an activating group) is 1. The van der Waals surface area contributed by atoms with Crippen LogP contribution in [0.3, 0.4) is 0 Å². The summed E-state index contributed by atoms with van der Waals surface area (Å²) in [6.45, 7) is 1.63. The van der Waals surface area contributed by atoms with Gasteiger partial charge in [0.25, 0.3) is 0 Å². The van der Waals surface area contributed by atoms with Crippen LogP contribution in [0.1, 0.15) is 0 Å². The molecule has 0 aliphatic rings. The number of halogens is 1. The Labute approximate surface area is 98.5 Å². The van der Waals surface area contributed by atoms with Gasteiger partial charge < -0.3 is 14.5 Å². The molecule has 16 heavy (non-hydrogen) atoms. The molecular weight excluding hydrogens is 225 g/mol. The molecule has 0 aliphatic carbocycles. The third-order valence-electron chi connectivity index (χ3n) is 2.51. The third kappa shape index (κ3) is 2.15. The van der Waals surface area contributed by atoms with Crippen LogP contribution in [-0.4, -0.2) is 35.1 Å². The lowest BCUT2D eigenvalue weighted by Gasteiger charge is -2.10. The highest BCUT2D eigenvalue weighted by molar-refractivity contribution is 7.71. The van der Waals surface area contributed by atoms with Crippen molar-refractivity contribution in [2.75, 3.05) is 20.6 Å². The summed E-state index contributed by atoms with van der Waals surface area (Å²) in [4.78, 5) is 5.14. The molecule has 0 saturated heterocycles. The van der Waals surface area contributed by atoms with Crippen molar-refractivity contribution in [2.24, 2.45) is 0 Å². The Morgan fingerprint density at radius 1 is 1.44 bits per heavy atom. The zero-order valence-corrected chi connectivity index (χ0v) is 10.1. The van der Waals surface area contributed by atoms with Crippen LogP contribution in [0, 0.1) is 10.6 Å². The number of nitrogens with one attached hydrogen (secondary N) is 1. The molecule has 0 bridgehead atoms. The van der Waals surface area contributed by atoms with Crippen LogP contribution in [0.4, 0.5) is 4.39 Å². The first-order valence-electron chi connectivity index (χ1n) is 5.11. The number of H-pyrrole nitrogens is 1. The second-order valence-electron chi connectivity index (χ2n) is 4.05. The first-order chi connectivity index (χ1) is 7.58. The minimum atomic E-state index is -0.236. The van der Waals surface area contributed by atoms with Crippen molar-refractivity contribution in [2.45, 2.75) is 6.54 Å². The van der Waals surface area contributed by atoms with E-state index in [4.69, 9.17) is 12.2 Å². The summed E-state index contributed by atoms with van der Waals surface area (Å²) in [5, 5.41) is 0. The Balaban J connectivity index is 2.46. The standard InChI is InChI=1S/C11H14FN3S/c1-14(2)5-6-15-10-7-8(12)3-4-9(10)13-11(15)16/h3-4,7H,5-6H2,1-2H3,(H,13,16). The van der Waals surface area contributed by atoms with Crippen molar-refractivity contribution in [1.29, 1.82) is 0 Å². The minimum absolute atomic E-state index is 0.236. The molecule has 3 nitrogen and oxygen atoms in total. The molecule has 2 rings (SSSR count). The maximum absolute atomic E-state index is 13.2. The van der Waals surface area contributed by atoms with Crippen LogP contribution in [0.5, 0.6) is 0 Å². The van der Waals surface area contributed by atoms with Gasteiger partial charge in [0.1, 0.15) is 5.82 Å². The van der Waals surface area contributed by atoms with E-state index in [9.17, 15) is 4.39 Å². The molecule has 1 heterocycles. The van der Waals surface area contributed by atoms with Gasteiger partial charge in [0.15, 0.2) is 4.77 Å². The van der Waals surface area contributed by atoms with Gasteiger partial charge >= 0.3 is 0 Å². The molecule has 1 aromatic carbocycles. The Morgan fingerprint density at radius 2 is 2.19 bits per heavy atom. The van der Waals surface area contributed by atoms with Crippen molar-refractivity contribution >= 4 is 23.3 Å². The van der Waals surface area contributed by atoms with Gasteiger partial charge in [0.05, 0.1) is 11.0 Å². The van der Waals surface area contributed by atoms with E-state index < -0.39 is 0 Å². The number of nitrogens with zero attached hydrogens (tertiary/aromatic N) is 2. The molecule has 0 amide bonds. The zero-order chi connectivity index (χ0) is 11.7. The maximum Gasteiger partial charge on any atom is 0.178 e. The van der Waals surface area contributed by atoms with E-state index >= 15 is 0 Å². The van der Waals surface area contributed by atoms with Gasteiger partial charge in [0, 0.05) is 13.1 Å². The average molecular weight is 239 g/mol. The molecule has 0 unspecified atom stereocenters. The molecule has 86 valence electrons. The molecule has 0 atom stereocenters. The van der Waals surface area contributed by atoms with Gasteiger partial charge in [-0.05, 0) is 44.5 Å². The topological polar surface area (TPSA) is 24.0 Å². The molecule has 1 N–H and O–H groups in total. The molecule has 0 fully saturated rings. The number of hydrogen-bond donors (Lipinski definition) is 1. The highest BCUT2D eigenvalue weighted by atomic mass is 32.1. The molecule has 5 heteroatoms. The van der Waals surface area contributed by atoms with Crippen molar-refractivity contribution < 1.29 is 4.39 Å². The summed E-state index contributed by atoms with van der Waals surface area (Å²) < 4.78 is 15.7. The summed E-state index contributed by atoms with van der Waals surface area (Å²) >= 11 is 5.21. The highest BCUT2D eigenvalue weighted by Crippen LogP contribution is 2.15. The van der Waals surface area contributed by atoms with Gasteiger partial charge in [0.2, 0.25) is 0 Å². The molecule has 0 aliphatic heterocycles. The number of aromatic amines is 1. The number of rotatable bonds is 3. The predicted octanol–water partition coefficient (Wildman–Crippen LogP) is 2.40. The fourth-order valence-corrected chi connectivity index (χ4v) is 1.95. The largest absolute Gasteiger partial charge is 0.331 e. The average Bonchev–Trinajstić information content (AvgIpc) is 2.51. The summed E-state index contributed by atoms with van der Waals surface area (Å²) in [5.41, 5.74) is 1.71. The van der Waals surface area contributed by atoms with Crippen molar-refractivity contribution in [3.8, 4) is 0 Å². The van der Waals surface area contributed by atoms with Crippen molar-refractivity contribution in [3.63, 3.8) is 0 Å². The first kappa shape index (κ1) is 11.3. The minimum Gasteiger partial charge on any atom is -0.331 e. The van der Waals surface area contributed by atoms with Crippen LogP contribution < -0.4 is 0 Å². The Kier molecular flexibility index (Phi) is 3.07. The lowest BCUT2D eigenvalue weighted by molar-refractivity contribution is 0.385. The summed E-state index contributed by atoms with van der Waals surface area (Å²) in [6.07, 6.45) is 0. The molecule has 1 aromatic heterocycles. The van der Waals surface area contributed by atoms with Crippen LogP contribution in [-0.2, 0) is 6.54 Å². The second kappa shape index (κ2) is 4.35. The second-order valence-corrected chi connectivity index (χ2v) is 4.43.